The first kappa shape index (κ1) is 16.6. The van der Waals surface area contributed by atoms with Gasteiger partial charge in [-0.2, -0.15) is 0 Å². The first-order chi connectivity index (χ1) is 8.88. The van der Waals surface area contributed by atoms with Crippen molar-refractivity contribution in [2.24, 2.45) is 0 Å². The predicted octanol–water partition coefficient (Wildman–Crippen LogP) is 3.49. The van der Waals surface area contributed by atoms with Gasteiger partial charge in [-0.25, -0.2) is 4.98 Å². The van der Waals surface area contributed by atoms with Crippen molar-refractivity contribution in [2.45, 2.75) is 65.5 Å². The molecule has 0 radical (unpaired) electrons. The summed E-state index contributed by atoms with van der Waals surface area (Å²) >= 11 is 1.82. The molecule has 3 nitrogen and oxygen atoms in total. The molecule has 0 aliphatic rings. The quantitative estimate of drug-likeness (QED) is 0.793. The van der Waals surface area contributed by atoms with Gasteiger partial charge in [-0.15, -0.1) is 11.3 Å². The third-order valence-electron chi connectivity index (χ3n) is 3.47. The summed E-state index contributed by atoms with van der Waals surface area (Å²) in [4.78, 5) is 5.98. The molecule has 1 aromatic rings. The van der Waals surface area contributed by atoms with Gasteiger partial charge >= 0.3 is 0 Å². The number of rotatable bonds is 8. The standard InChI is InChI=1S/C15H28N2OS/c1-7-8-16-13(10-15(4,5)18-6)9-14-17-11(2)12(3)19-14/h13,16H,7-10H2,1-6H3. The van der Waals surface area contributed by atoms with E-state index in [-0.39, 0.29) is 5.60 Å². The molecule has 0 bridgehead atoms. The van der Waals surface area contributed by atoms with Gasteiger partial charge in [-0.05, 0) is 47.1 Å². The molecule has 1 aromatic heterocycles. The molecule has 0 aliphatic heterocycles. The smallest absolute Gasteiger partial charge is 0.0946 e. The van der Waals surface area contributed by atoms with E-state index in [9.17, 15) is 0 Å². The van der Waals surface area contributed by atoms with Crippen LogP contribution in [0, 0.1) is 13.8 Å². The molecular formula is C15H28N2OS. The molecule has 1 unspecified atom stereocenters. The van der Waals surface area contributed by atoms with E-state index in [1.54, 1.807) is 7.11 Å². The predicted molar refractivity (Wildman–Crippen MR) is 83.1 cm³/mol. The Labute approximate surface area is 121 Å². The fourth-order valence-corrected chi connectivity index (χ4v) is 3.09. The molecule has 110 valence electrons. The van der Waals surface area contributed by atoms with E-state index in [2.05, 4.69) is 44.9 Å². The van der Waals surface area contributed by atoms with E-state index in [1.807, 2.05) is 11.3 Å². The average Bonchev–Trinajstić information content (AvgIpc) is 2.65. The molecule has 19 heavy (non-hydrogen) atoms. The molecule has 0 saturated heterocycles. The van der Waals surface area contributed by atoms with E-state index < -0.39 is 0 Å². The second-order valence-electron chi connectivity index (χ2n) is 5.77. The van der Waals surface area contributed by atoms with Gasteiger partial charge in [0.1, 0.15) is 0 Å². The van der Waals surface area contributed by atoms with E-state index in [0.717, 1.165) is 25.8 Å². The first-order valence-electron chi connectivity index (χ1n) is 7.09. The number of nitrogens with zero attached hydrogens (tertiary/aromatic N) is 1. The van der Waals surface area contributed by atoms with Crippen LogP contribution in [0.5, 0.6) is 0 Å². The summed E-state index contributed by atoms with van der Waals surface area (Å²) in [6.07, 6.45) is 3.15. The van der Waals surface area contributed by atoms with Crippen molar-refractivity contribution in [3.63, 3.8) is 0 Å². The molecule has 1 N–H and O–H groups in total. The number of hydrogen-bond donors (Lipinski definition) is 1. The van der Waals surface area contributed by atoms with E-state index in [4.69, 9.17) is 4.74 Å². The number of thiazole rings is 1. The van der Waals surface area contributed by atoms with Crippen LogP contribution in [-0.2, 0) is 11.2 Å². The summed E-state index contributed by atoms with van der Waals surface area (Å²) in [5, 5.41) is 4.86. The van der Waals surface area contributed by atoms with Gasteiger partial charge in [-0.3, -0.25) is 0 Å². The van der Waals surface area contributed by atoms with Crippen LogP contribution >= 0.6 is 11.3 Å². The Kier molecular flexibility index (Phi) is 6.43. The van der Waals surface area contributed by atoms with Crippen LogP contribution in [0.25, 0.3) is 0 Å². The number of hydrogen-bond acceptors (Lipinski definition) is 4. The van der Waals surface area contributed by atoms with E-state index in [1.165, 1.54) is 15.6 Å². The Morgan fingerprint density at radius 2 is 2.05 bits per heavy atom. The number of ether oxygens (including phenoxy) is 1. The zero-order valence-corrected chi connectivity index (χ0v) is 14.0. The lowest BCUT2D eigenvalue weighted by molar-refractivity contribution is 0.00714. The van der Waals surface area contributed by atoms with Crippen LogP contribution in [0.15, 0.2) is 0 Å². The summed E-state index contributed by atoms with van der Waals surface area (Å²) in [6.45, 7) is 11.8. The number of aryl methyl sites for hydroxylation is 2. The van der Waals surface area contributed by atoms with Crippen molar-refractivity contribution in [3.05, 3.63) is 15.6 Å². The maximum Gasteiger partial charge on any atom is 0.0946 e. The van der Waals surface area contributed by atoms with Gasteiger partial charge in [0.05, 0.1) is 16.3 Å². The van der Waals surface area contributed by atoms with Gasteiger partial charge in [0, 0.05) is 24.4 Å². The van der Waals surface area contributed by atoms with Crippen LogP contribution in [0.3, 0.4) is 0 Å². The first-order valence-corrected chi connectivity index (χ1v) is 7.91. The van der Waals surface area contributed by atoms with E-state index in [0.29, 0.717) is 6.04 Å². The summed E-state index contributed by atoms with van der Waals surface area (Å²) in [6, 6.07) is 0.430. The molecular weight excluding hydrogens is 256 g/mol. The van der Waals surface area contributed by atoms with Gasteiger partial charge in [0.25, 0.3) is 0 Å². The molecule has 0 spiro atoms. The summed E-state index contributed by atoms with van der Waals surface area (Å²) in [7, 11) is 1.79. The lowest BCUT2D eigenvalue weighted by atomic mass is 9.96. The highest BCUT2D eigenvalue weighted by atomic mass is 32.1. The topological polar surface area (TPSA) is 34.2 Å². The number of methoxy groups -OCH3 is 1. The molecule has 0 saturated carbocycles. The van der Waals surface area contributed by atoms with Crippen molar-refractivity contribution in [3.8, 4) is 0 Å². The second kappa shape index (κ2) is 7.36. The summed E-state index contributed by atoms with van der Waals surface area (Å²) in [5.41, 5.74) is 1.08. The zero-order valence-electron chi connectivity index (χ0n) is 13.2. The fraction of sp³-hybridized carbons (Fsp3) is 0.800. The van der Waals surface area contributed by atoms with Gasteiger partial charge in [0.15, 0.2) is 0 Å². The van der Waals surface area contributed by atoms with Crippen molar-refractivity contribution >= 4 is 11.3 Å². The van der Waals surface area contributed by atoms with Crippen molar-refractivity contribution in [1.29, 1.82) is 0 Å². The molecule has 0 amide bonds. The Hall–Kier alpha value is -0.450. The maximum atomic E-state index is 5.56. The van der Waals surface area contributed by atoms with Crippen LogP contribution in [0.4, 0.5) is 0 Å². The van der Waals surface area contributed by atoms with Crippen molar-refractivity contribution < 1.29 is 4.74 Å². The highest BCUT2D eigenvalue weighted by Crippen LogP contribution is 2.22. The van der Waals surface area contributed by atoms with Gasteiger partial charge in [-0.1, -0.05) is 6.92 Å². The Morgan fingerprint density at radius 3 is 2.53 bits per heavy atom. The molecule has 0 fully saturated rings. The summed E-state index contributed by atoms with van der Waals surface area (Å²) < 4.78 is 5.56. The minimum atomic E-state index is -0.0905. The second-order valence-corrected chi connectivity index (χ2v) is 7.06. The highest BCUT2D eigenvalue weighted by Gasteiger charge is 2.23. The molecule has 1 heterocycles. The van der Waals surface area contributed by atoms with Crippen LogP contribution < -0.4 is 5.32 Å². The van der Waals surface area contributed by atoms with Crippen LogP contribution in [0.1, 0.15) is 49.2 Å². The van der Waals surface area contributed by atoms with Gasteiger partial charge in [0.2, 0.25) is 0 Å². The lowest BCUT2D eigenvalue weighted by Crippen LogP contribution is -2.39. The zero-order chi connectivity index (χ0) is 14.5. The number of nitrogens with one attached hydrogen (secondary N) is 1. The Morgan fingerprint density at radius 1 is 1.37 bits per heavy atom. The Balaban J connectivity index is 2.68. The average molecular weight is 284 g/mol. The molecule has 1 atom stereocenters. The lowest BCUT2D eigenvalue weighted by Gasteiger charge is -2.29. The Bertz CT molecular complexity index is 368. The normalized spacial score (nSPS) is 13.8. The SMILES string of the molecule is CCCNC(Cc1nc(C)c(C)s1)CC(C)(C)OC. The fourth-order valence-electron chi connectivity index (χ4n) is 2.08. The summed E-state index contributed by atoms with van der Waals surface area (Å²) in [5.74, 6) is 0. The van der Waals surface area contributed by atoms with Crippen molar-refractivity contribution in [1.82, 2.24) is 10.3 Å². The third-order valence-corrected chi connectivity index (χ3v) is 4.56. The van der Waals surface area contributed by atoms with Gasteiger partial charge < -0.3 is 10.1 Å². The van der Waals surface area contributed by atoms with Crippen molar-refractivity contribution in [2.75, 3.05) is 13.7 Å². The van der Waals surface area contributed by atoms with E-state index >= 15 is 0 Å². The third kappa shape index (κ3) is 5.59. The van der Waals surface area contributed by atoms with Crippen LogP contribution in [-0.4, -0.2) is 30.3 Å². The minimum Gasteiger partial charge on any atom is -0.379 e. The molecule has 0 aliphatic carbocycles. The van der Waals surface area contributed by atoms with Crippen LogP contribution in [0.2, 0.25) is 0 Å². The largest absolute Gasteiger partial charge is 0.379 e. The monoisotopic (exact) mass is 284 g/mol. The minimum absolute atomic E-state index is 0.0905. The molecule has 1 rings (SSSR count). The molecule has 4 heteroatoms. The highest BCUT2D eigenvalue weighted by molar-refractivity contribution is 7.11. The number of aromatic nitrogens is 1. The maximum absolute atomic E-state index is 5.56. The molecule has 0 aromatic carbocycles.